The predicted octanol–water partition coefficient (Wildman–Crippen LogP) is 3.57. The lowest BCUT2D eigenvalue weighted by Crippen LogP contribution is -2.47. The second-order valence-corrected chi connectivity index (χ2v) is 4.84. The molecule has 0 unspecified atom stereocenters. The van der Waals surface area contributed by atoms with Crippen LogP contribution in [0.5, 0.6) is 0 Å². The van der Waals surface area contributed by atoms with E-state index in [2.05, 4.69) is 5.32 Å². The lowest BCUT2D eigenvalue weighted by atomic mass is 9.89. The summed E-state index contributed by atoms with van der Waals surface area (Å²) in [6.07, 6.45) is 1.88. The van der Waals surface area contributed by atoms with Crippen LogP contribution in [0.15, 0.2) is 12.1 Å². The summed E-state index contributed by atoms with van der Waals surface area (Å²) in [4.78, 5) is 22.2. The van der Waals surface area contributed by atoms with E-state index in [1.54, 1.807) is 0 Å². The number of amides is 1. The fraction of sp³-hybridized carbons (Fsp3) is 0.500. The summed E-state index contributed by atoms with van der Waals surface area (Å²) in [6, 6.07) is 0.990. The first kappa shape index (κ1) is 17.0. The van der Waals surface area contributed by atoms with Crippen molar-refractivity contribution in [1.82, 2.24) is 5.32 Å². The summed E-state index contributed by atoms with van der Waals surface area (Å²) in [5, 5.41) is 13.6. The Balaban J connectivity index is 3.24. The number of carbonyl (C=O) groups is 1. The summed E-state index contributed by atoms with van der Waals surface area (Å²) in [6.45, 7) is 5.65. The van der Waals surface area contributed by atoms with Gasteiger partial charge in [-0.05, 0) is 25.3 Å². The van der Waals surface area contributed by atoms with Crippen LogP contribution in [-0.4, -0.2) is 16.4 Å². The van der Waals surface area contributed by atoms with Gasteiger partial charge in [0.05, 0.1) is 11.0 Å². The smallest absolute Gasteiger partial charge is 0.285 e. The quantitative estimate of drug-likeness (QED) is 0.644. The van der Waals surface area contributed by atoms with E-state index in [0.29, 0.717) is 31.4 Å². The van der Waals surface area contributed by atoms with E-state index in [1.807, 2.05) is 20.8 Å². The molecule has 0 radical (unpaired) electrons. The zero-order chi connectivity index (χ0) is 16.2. The highest BCUT2D eigenvalue weighted by Crippen LogP contribution is 2.25. The molecule has 1 aromatic rings. The van der Waals surface area contributed by atoms with E-state index >= 15 is 0 Å². The maximum absolute atomic E-state index is 13.3. The molecule has 0 fully saturated rings. The van der Waals surface area contributed by atoms with E-state index in [0.717, 1.165) is 0 Å². The fourth-order valence-electron chi connectivity index (χ4n) is 2.19. The van der Waals surface area contributed by atoms with Gasteiger partial charge in [-0.2, -0.15) is 0 Å². The molecule has 1 rings (SSSR count). The maximum atomic E-state index is 13.3. The molecular formula is C14H18F2N2O3. The van der Waals surface area contributed by atoms with Gasteiger partial charge >= 0.3 is 0 Å². The van der Waals surface area contributed by atoms with E-state index < -0.39 is 39.3 Å². The van der Waals surface area contributed by atoms with Crippen molar-refractivity contribution >= 4 is 11.6 Å². The maximum Gasteiger partial charge on any atom is 0.285 e. The highest BCUT2D eigenvalue weighted by molar-refractivity contribution is 5.98. The minimum atomic E-state index is -1.36. The Morgan fingerprint density at radius 1 is 1.19 bits per heavy atom. The number of nitro benzene ring substituents is 1. The zero-order valence-corrected chi connectivity index (χ0v) is 12.2. The number of nitrogens with one attached hydrogen (secondary N) is 1. The van der Waals surface area contributed by atoms with Crippen LogP contribution in [0.4, 0.5) is 14.5 Å². The van der Waals surface area contributed by atoms with Crippen LogP contribution in [0.25, 0.3) is 0 Å². The first-order valence-electron chi connectivity index (χ1n) is 6.76. The van der Waals surface area contributed by atoms with E-state index in [-0.39, 0.29) is 0 Å². The number of hydrogen-bond acceptors (Lipinski definition) is 3. The Morgan fingerprint density at radius 3 is 2.10 bits per heavy atom. The minimum Gasteiger partial charge on any atom is -0.346 e. The number of benzene rings is 1. The number of nitrogens with zero attached hydrogens (tertiary/aromatic N) is 1. The predicted molar refractivity (Wildman–Crippen MR) is 74.1 cm³/mol. The van der Waals surface area contributed by atoms with Crippen LogP contribution in [0, 0.1) is 21.7 Å². The second kappa shape index (κ2) is 6.60. The number of halogens is 2. The molecule has 0 aliphatic rings. The molecule has 0 spiro atoms. The monoisotopic (exact) mass is 300 g/mol. The van der Waals surface area contributed by atoms with E-state index in [4.69, 9.17) is 0 Å². The van der Waals surface area contributed by atoms with E-state index in [1.165, 1.54) is 0 Å². The van der Waals surface area contributed by atoms with Crippen LogP contribution in [0.2, 0.25) is 0 Å². The lowest BCUT2D eigenvalue weighted by Gasteiger charge is -2.31. The molecule has 0 atom stereocenters. The Kier molecular flexibility index (Phi) is 5.34. The number of nitro groups is 1. The van der Waals surface area contributed by atoms with Gasteiger partial charge in [-0.1, -0.05) is 20.8 Å². The molecule has 7 heteroatoms. The Hall–Kier alpha value is -2.05. The molecule has 0 saturated carbocycles. The lowest BCUT2D eigenvalue weighted by molar-refractivity contribution is -0.385. The average molecular weight is 300 g/mol. The largest absolute Gasteiger partial charge is 0.346 e. The highest BCUT2D eigenvalue weighted by atomic mass is 19.2. The zero-order valence-electron chi connectivity index (χ0n) is 12.2. The van der Waals surface area contributed by atoms with Crippen molar-refractivity contribution in [3.63, 3.8) is 0 Å². The second-order valence-electron chi connectivity index (χ2n) is 4.84. The molecule has 0 aromatic heterocycles. The van der Waals surface area contributed by atoms with Crippen LogP contribution in [0.3, 0.4) is 0 Å². The summed E-state index contributed by atoms with van der Waals surface area (Å²) in [5.74, 6) is -3.42. The molecule has 116 valence electrons. The Morgan fingerprint density at radius 2 is 1.67 bits per heavy atom. The van der Waals surface area contributed by atoms with Crippen molar-refractivity contribution in [3.05, 3.63) is 39.4 Å². The molecule has 0 bridgehead atoms. The van der Waals surface area contributed by atoms with Crippen molar-refractivity contribution in [1.29, 1.82) is 0 Å². The number of rotatable bonds is 6. The van der Waals surface area contributed by atoms with Gasteiger partial charge in [0, 0.05) is 5.54 Å². The first-order valence-corrected chi connectivity index (χ1v) is 6.76. The molecule has 0 heterocycles. The van der Waals surface area contributed by atoms with Gasteiger partial charge in [-0.15, -0.1) is 0 Å². The molecular weight excluding hydrogens is 282 g/mol. The van der Waals surface area contributed by atoms with Crippen LogP contribution in [0.1, 0.15) is 50.4 Å². The molecule has 21 heavy (non-hydrogen) atoms. The summed E-state index contributed by atoms with van der Waals surface area (Å²) in [7, 11) is 0. The third-order valence-corrected chi connectivity index (χ3v) is 3.89. The Labute approximate surface area is 121 Å². The van der Waals surface area contributed by atoms with Gasteiger partial charge in [-0.25, -0.2) is 8.78 Å². The summed E-state index contributed by atoms with van der Waals surface area (Å²) in [5.41, 5.74) is -1.74. The number of carbonyl (C=O) groups excluding carboxylic acids is 1. The molecule has 0 saturated heterocycles. The van der Waals surface area contributed by atoms with Crippen molar-refractivity contribution in [2.45, 2.75) is 45.6 Å². The van der Waals surface area contributed by atoms with Gasteiger partial charge in [0.25, 0.3) is 11.6 Å². The van der Waals surface area contributed by atoms with Crippen LogP contribution >= 0.6 is 0 Å². The molecule has 5 nitrogen and oxygen atoms in total. The van der Waals surface area contributed by atoms with Gasteiger partial charge in [-0.3, -0.25) is 14.9 Å². The van der Waals surface area contributed by atoms with Crippen molar-refractivity contribution in [2.24, 2.45) is 0 Å². The SMILES string of the molecule is CCC(CC)(CC)NC(=O)c1cc(F)c(F)cc1[N+](=O)[O-]. The van der Waals surface area contributed by atoms with Crippen LogP contribution in [-0.2, 0) is 0 Å². The Bertz CT molecular complexity index is 549. The first-order chi connectivity index (χ1) is 9.80. The topological polar surface area (TPSA) is 72.2 Å². The third-order valence-electron chi connectivity index (χ3n) is 3.89. The molecule has 0 aliphatic heterocycles. The summed E-state index contributed by atoms with van der Waals surface area (Å²) >= 11 is 0. The highest BCUT2D eigenvalue weighted by Gasteiger charge is 2.30. The fourth-order valence-corrected chi connectivity index (χ4v) is 2.19. The van der Waals surface area contributed by atoms with Crippen molar-refractivity contribution in [3.8, 4) is 0 Å². The normalized spacial score (nSPS) is 11.3. The van der Waals surface area contributed by atoms with Gasteiger partial charge in [0.1, 0.15) is 5.56 Å². The number of hydrogen-bond donors (Lipinski definition) is 1. The van der Waals surface area contributed by atoms with Gasteiger partial charge in [0.15, 0.2) is 11.6 Å². The van der Waals surface area contributed by atoms with Gasteiger partial charge < -0.3 is 5.32 Å². The summed E-state index contributed by atoms with van der Waals surface area (Å²) < 4.78 is 26.4. The van der Waals surface area contributed by atoms with E-state index in [9.17, 15) is 23.7 Å². The standard InChI is InChI=1S/C14H18F2N2O3/c1-4-14(5-2,6-3)17-13(19)9-7-10(15)11(16)8-12(9)18(20)21/h7-8H,4-6H2,1-3H3,(H,17,19). The van der Waals surface area contributed by atoms with Crippen molar-refractivity contribution in [2.75, 3.05) is 0 Å². The molecule has 1 N–H and O–H groups in total. The van der Waals surface area contributed by atoms with Gasteiger partial charge in [0.2, 0.25) is 0 Å². The minimum absolute atomic E-state index is 0.426. The molecule has 1 amide bonds. The van der Waals surface area contributed by atoms with Crippen molar-refractivity contribution < 1.29 is 18.5 Å². The third kappa shape index (κ3) is 3.53. The average Bonchev–Trinajstić information content (AvgIpc) is 2.46. The molecule has 1 aromatic carbocycles. The van der Waals surface area contributed by atoms with Crippen LogP contribution < -0.4 is 5.32 Å². The molecule has 0 aliphatic carbocycles.